The smallest absolute Gasteiger partial charge is 0.150 e. The lowest BCUT2D eigenvalue weighted by atomic mass is 9.85. The number of carbonyl (C=O) groups is 1. The average Bonchev–Trinajstić information content (AvgIpc) is 2.31. The second kappa shape index (κ2) is 5.18. The lowest BCUT2D eigenvalue weighted by Crippen LogP contribution is -2.30. The molecule has 1 aliphatic rings. The van der Waals surface area contributed by atoms with E-state index >= 15 is 0 Å². The van der Waals surface area contributed by atoms with E-state index in [4.69, 9.17) is 0 Å². The van der Waals surface area contributed by atoms with E-state index in [9.17, 15) is 17.6 Å². The van der Waals surface area contributed by atoms with Gasteiger partial charge in [-0.25, -0.2) is 12.8 Å². The predicted molar refractivity (Wildman–Crippen MR) is 66.6 cm³/mol. The van der Waals surface area contributed by atoms with Crippen molar-refractivity contribution in [3.63, 3.8) is 0 Å². The van der Waals surface area contributed by atoms with Crippen molar-refractivity contribution in [1.82, 2.24) is 0 Å². The molecule has 2 atom stereocenters. The van der Waals surface area contributed by atoms with Gasteiger partial charge in [0.1, 0.15) is 12.1 Å². The quantitative estimate of drug-likeness (QED) is 0.789. The summed E-state index contributed by atoms with van der Waals surface area (Å²) < 4.78 is 36.0. The highest BCUT2D eigenvalue weighted by Gasteiger charge is 2.31. The molecule has 5 heteroatoms. The van der Waals surface area contributed by atoms with Crippen LogP contribution in [0.3, 0.4) is 0 Å². The first-order chi connectivity index (χ1) is 8.52. The number of hydrogen-bond donors (Lipinski definition) is 0. The maximum absolute atomic E-state index is 12.8. The molecule has 1 heterocycles. The second-order valence-electron chi connectivity index (χ2n) is 4.73. The van der Waals surface area contributed by atoms with E-state index in [0.717, 1.165) is 12.7 Å². The molecule has 1 saturated heterocycles. The fourth-order valence-corrected chi connectivity index (χ4v) is 4.29. The molecule has 0 aromatic heterocycles. The van der Waals surface area contributed by atoms with E-state index in [1.807, 2.05) is 0 Å². The van der Waals surface area contributed by atoms with Gasteiger partial charge in [-0.05, 0) is 36.5 Å². The minimum atomic E-state index is -3.04. The minimum absolute atomic E-state index is 0.0494. The highest BCUT2D eigenvalue weighted by molar-refractivity contribution is 7.91. The Bertz CT molecular complexity index is 522. The molecule has 3 nitrogen and oxygen atoms in total. The first-order valence-corrected chi connectivity index (χ1v) is 7.75. The topological polar surface area (TPSA) is 51.2 Å². The van der Waals surface area contributed by atoms with Crippen LogP contribution in [-0.4, -0.2) is 26.2 Å². The maximum Gasteiger partial charge on any atom is 0.150 e. The Morgan fingerprint density at radius 1 is 1.28 bits per heavy atom. The van der Waals surface area contributed by atoms with Gasteiger partial charge in [-0.3, -0.25) is 0 Å². The standard InChI is InChI=1S/C13H15FO3S/c14-12-5-3-10(4-6-12)13(8-15)11-2-1-7-18(16,17)9-11/h3-6,8,11,13H,1-2,7,9H2. The van der Waals surface area contributed by atoms with E-state index in [0.29, 0.717) is 12.0 Å². The lowest BCUT2D eigenvalue weighted by molar-refractivity contribution is -0.110. The van der Waals surface area contributed by atoms with Crippen LogP contribution in [0.25, 0.3) is 0 Å². The number of sulfone groups is 1. The van der Waals surface area contributed by atoms with Gasteiger partial charge in [0.2, 0.25) is 0 Å². The zero-order chi connectivity index (χ0) is 13.2. The number of halogens is 1. The Morgan fingerprint density at radius 2 is 1.94 bits per heavy atom. The second-order valence-corrected chi connectivity index (χ2v) is 6.96. The van der Waals surface area contributed by atoms with Gasteiger partial charge >= 0.3 is 0 Å². The van der Waals surface area contributed by atoms with Crippen LogP contribution in [-0.2, 0) is 14.6 Å². The van der Waals surface area contributed by atoms with Crippen molar-refractivity contribution in [2.75, 3.05) is 11.5 Å². The van der Waals surface area contributed by atoms with E-state index in [1.54, 1.807) is 12.1 Å². The summed E-state index contributed by atoms with van der Waals surface area (Å²) in [6.45, 7) is 0. The van der Waals surface area contributed by atoms with Crippen LogP contribution >= 0.6 is 0 Å². The molecule has 1 fully saturated rings. The van der Waals surface area contributed by atoms with Gasteiger partial charge in [0.15, 0.2) is 9.84 Å². The molecule has 0 saturated carbocycles. The molecule has 0 radical (unpaired) electrons. The van der Waals surface area contributed by atoms with Crippen molar-refractivity contribution in [3.8, 4) is 0 Å². The van der Waals surface area contributed by atoms with Gasteiger partial charge < -0.3 is 4.79 Å². The minimum Gasteiger partial charge on any atom is -0.303 e. The summed E-state index contributed by atoms with van der Waals surface area (Å²) in [5.74, 6) is -0.751. The number of benzene rings is 1. The summed E-state index contributed by atoms with van der Waals surface area (Å²) >= 11 is 0. The van der Waals surface area contributed by atoms with Crippen LogP contribution in [0.2, 0.25) is 0 Å². The molecule has 0 N–H and O–H groups in total. The Kier molecular flexibility index (Phi) is 3.80. The third-order valence-electron chi connectivity index (χ3n) is 3.41. The van der Waals surface area contributed by atoms with Gasteiger partial charge in [0.05, 0.1) is 11.5 Å². The molecule has 0 bridgehead atoms. The summed E-state index contributed by atoms with van der Waals surface area (Å²) in [5, 5.41) is 0. The Labute approximate surface area is 106 Å². The first kappa shape index (κ1) is 13.2. The molecule has 1 aromatic rings. The zero-order valence-electron chi connectivity index (χ0n) is 9.88. The number of hydrogen-bond acceptors (Lipinski definition) is 3. The lowest BCUT2D eigenvalue weighted by Gasteiger charge is -2.26. The van der Waals surface area contributed by atoms with Gasteiger partial charge in [-0.15, -0.1) is 0 Å². The molecular formula is C13H15FO3S. The van der Waals surface area contributed by atoms with E-state index < -0.39 is 15.8 Å². The molecule has 0 aliphatic carbocycles. The van der Waals surface area contributed by atoms with Gasteiger partial charge in [-0.2, -0.15) is 0 Å². The third kappa shape index (κ3) is 2.96. The maximum atomic E-state index is 12.8. The summed E-state index contributed by atoms with van der Waals surface area (Å²) in [6.07, 6.45) is 2.09. The summed E-state index contributed by atoms with van der Waals surface area (Å²) in [4.78, 5) is 11.2. The summed E-state index contributed by atoms with van der Waals surface area (Å²) in [5.41, 5.74) is 0.688. The third-order valence-corrected chi connectivity index (χ3v) is 5.25. The van der Waals surface area contributed by atoms with Crippen molar-refractivity contribution < 1.29 is 17.6 Å². The highest BCUT2D eigenvalue weighted by Crippen LogP contribution is 2.31. The van der Waals surface area contributed by atoms with E-state index in [2.05, 4.69) is 0 Å². The normalized spacial score (nSPS) is 24.4. The van der Waals surface area contributed by atoms with Crippen LogP contribution in [0.4, 0.5) is 4.39 Å². The molecule has 2 unspecified atom stereocenters. The summed E-state index contributed by atoms with van der Waals surface area (Å²) in [6, 6.07) is 5.69. The van der Waals surface area contributed by atoms with Crippen molar-refractivity contribution in [2.24, 2.45) is 5.92 Å². The summed E-state index contributed by atoms with van der Waals surface area (Å²) in [7, 11) is -3.04. The molecule has 0 spiro atoms. The van der Waals surface area contributed by atoms with Crippen LogP contribution in [0, 0.1) is 11.7 Å². The van der Waals surface area contributed by atoms with Crippen LogP contribution in [0.1, 0.15) is 24.3 Å². The molecule has 1 aromatic carbocycles. The molecule has 2 rings (SSSR count). The first-order valence-electron chi connectivity index (χ1n) is 5.93. The van der Waals surface area contributed by atoms with Crippen LogP contribution < -0.4 is 0 Å². The Hall–Kier alpha value is -1.23. The van der Waals surface area contributed by atoms with Crippen molar-refractivity contribution in [2.45, 2.75) is 18.8 Å². The molecule has 18 heavy (non-hydrogen) atoms. The van der Waals surface area contributed by atoms with Crippen molar-refractivity contribution in [1.29, 1.82) is 0 Å². The molecule has 0 amide bonds. The fraction of sp³-hybridized carbons (Fsp3) is 0.462. The Morgan fingerprint density at radius 3 is 2.50 bits per heavy atom. The number of carbonyl (C=O) groups excluding carboxylic acids is 1. The van der Waals surface area contributed by atoms with Gasteiger partial charge in [0.25, 0.3) is 0 Å². The monoisotopic (exact) mass is 270 g/mol. The molecular weight excluding hydrogens is 255 g/mol. The number of rotatable bonds is 3. The van der Waals surface area contributed by atoms with Gasteiger partial charge in [-0.1, -0.05) is 12.1 Å². The van der Waals surface area contributed by atoms with Gasteiger partial charge in [0, 0.05) is 5.92 Å². The predicted octanol–water partition coefficient (Wildman–Crippen LogP) is 1.93. The van der Waals surface area contributed by atoms with E-state index in [-0.39, 0.29) is 23.2 Å². The SMILES string of the molecule is O=CC(c1ccc(F)cc1)C1CCCS(=O)(=O)C1. The fourth-order valence-electron chi connectivity index (χ4n) is 2.49. The Balaban J connectivity index is 2.23. The van der Waals surface area contributed by atoms with Crippen molar-refractivity contribution in [3.05, 3.63) is 35.6 Å². The highest BCUT2D eigenvalue weighted by atomic mass is 32.2. The van der Waals surface area contributed by atoms with Crippen molar-refractivity contribution >= 4 is 16.1 Å². The molecule has 1 aliphatic heterocycles. The van der Waals surface area contributed by atoms with Crippen LogP contribution in [0.5, 0.6) is 0 Å². The largest absolute Gasteiger partial charge is 0.303 e. The van der Waals surface area contributed by atoms with E-state index in [1.165, 1.54) is 12.1 Å². The molecule has 98 valence electrons. The average molecular weight is 270 g/mol. The number of aldehydes is 1. The van der Waals surface area contributed by atoms with Crippen LogP contribution in [0.15, 0.2) is 24.3 Å². The zero-order valence-corrected chi connectivity index (χ0v) is 10.7.